The molecule has 1 atom stereocenters. The molecule has 1 aromatic carbocycles. The molecule has 2 aromatic rings. The van der Waals surface area contributed by atoms with Gasteiger partial charge in [-0.15, -0.1) is 0 Å². The maximum absolute atomic E-state index is 3.87. The SMILES string of the molecule is C[C@H](Cc1c[nH]c2ccccc12)[NH2+]CC[NH3+]. The number of rotatable bonds is 5. The summed E-state index contributed by atoms with van der Waals surface area (Å²) in [5.74, 6) is 0. The van der Waals surface area contributed by atoms with Gasteiger partial charge in [0, 0.05) is 23.5 Å². The highest BCUT2D eigenvalue weighted by Crippen LogP contribution is 2.18. The van der Waals surface area contributed by atoms with Crippen LogP contribution in [0.1, 0.15) is 12.5 Å². The van der Waals surface area contributed by atoms with Gasteiger partial charge < -0.3 is 16.0 Å². The molecule has 0 fully saturated rings. The largest absolute Gasteiger partial charge is 0.361 e. The molecule has 0 amide bonds. The third kappa shape index (κ3) is 2.43. The van der Waals surface area contributed by atoms with Crippen molar-refractivity contribution >= 4 is 10.9 Å². The number of aromatic nitrogens is 1. The Hall–Kier alpha value is -1.32. The monoisotopic (exact) mass is 219 g/mol. The third-order valence-corrected chi connectivity index (χ3v) is 2.99. The molecule has 3 heteroatoms. The number of hydrogen-bond donors (Lipinski definition) is 3. The Kier molecular flexibility index (Phi) is 3.59. The fourth-order valence-corrected chi connectivity index (χ4v) is 2.13. The van der Waals surface area contributed by atoms with Gasteiger partial charge in [-0.1, -0.05) is 18.2 Å². The van der Waals surface area contributed by atoms with Crippen molar-refractivity contribution in [2.24, 2.45) is 0 Å². The molecule has 0 saturated heterocycles. The van der Waals surface area contributed by atoms with Crippen LogP contribution in [0.3, 0.4) is 0 Å². The van der Waals surface area contributed by atoms with E-state index in [-0.39, 0.29) is 0 Å². The maximum atomic E-state index is 3.87. The number of fused-ring (bicyclic) bond motifs is 1. The summed E-state index contributed by atoms with van der Waals surface area (Å²) >= 11 is 0. The van der Waals surface area contributed by atoms with Crippen LogP contribution in [0.2, 0.25) is 0 Å². The topological polar surface area (TPSA) is 60.0 Å². The summed E-state index contributed by atoms with van der Waals surface area (Å²) in [5.41, 5.74) is 6.52. The lowest BCUT2D eigenvalue weighted by Crippen LogP contribution is -2.92. The van der Waals surface area contributed by atoms with E-state index in [1.165, 1.54) is 16.5 Å². The molecule has 1 heterocycles. The van der Waals surface area contributed by atoms with Crippen molar-refractivity contribution in [2.45, 2.75) is 19.4 Å². The van der Waals surface area contributed by atoms with Crippen LogP contribution >= 0.6 is 0 Å². The van der Waals surface area contributed by atoms with E-state index in [1.54, 1.807) is 0 Å². The summed E-state index contributed by atoms with van der Waals surface area (Å²) in [7, 11) is 0. The molecule has 0 aliphatic rings. The van der Waals surface area contributed by atoms with Gasteiger partial charge in [0.1, 0.15) is 13.1 Å². The summed E-state index contributed by atoms with van der Waals surface area (Å²) < 4.78 is 0. The first-order chi connectivity index (χ1) is 7.81. The van der Waals surface area contributed by atoms with Crippen LogP contribution < -0.4 is 11.1 Å². The molecule has 1 aromatic heterocycles. The summed E-state index contributed by atoms with van der Waals surface area (Å²) in [4.78, 5) is 3.32. The Balaban J connectivity index is 2.09. The molecule has 6 N–H and O–H groups in total. The number of benzene rings is 1. The minimum absolute atomic E-state index is 0.626. The van der Waals surface area contributed by atoms with Crippen molar-refractivity contribution < 1.29 is 11.1 Å². The van der Waals surface area contributed by atoms with E-state index in [9.17, 15) is 0 Å². The minimum Gasteiger partial charge on any atom is -0.361 e. The zero-order chi connectivity index (χ0) is 11.4. The number of nitrogens with one attached hydrogen (secondary N) is 1. The van der Waals surface area contributed by atoms with Gasteiger partial charge in [-0.2, -0.15) is 0 Å². The molecular formula is C13H21N3+2. The maximum Gasteiger partial charge on any atom is 0.125 e. The van der Waals surface area contributed by atoms with Crippen molar-refractivity contribution in [3.63, 3.8) is 0 Å². The standard InChI is InChI=1S/C13H19N3/c1-10(15-7-6-14)8-11-9-16-13-5-3-2-4-12(11)13/h2-5,9-10,15-16H,6-8,14H2,1H3/p+2/t10-/m1/s1. The fraction of sp³-hybridized carbons (Fsp3) is 0.385. The Morgan fingerprint density at radius 2 is 2.19 bits per heavy atom. The lowest BCUT2D eigenvalue weighted by Gasteiger charge is -2.08. The van der Waals surface area contributed by atoms with Gasteiger partial charge in [-0.05, 0) is 18.6 Å². The van der Waals surface area contributed by atoms with Crippen LogP contribution in [0.15, 0.2) is 30.5 Å². The van der Waals surface area contributed by atoms with E-state index in [1.807, 2.05) is 0 Å². The molecule has 86 valence electrons. The van der Waals surface area contributed by atoms with Crippen molar-refractivity contribution in [3.05, 3.63) is 36.0 Å². The van der Waals surface area contributed by atoms with Crippen molar-refractivity contribution in [1.82, 2.24) is 4.98 Å². The van der Waals surface area contributed by atoms with E-state index in [4.69, 9.17) is 0 Å². The highest BCUT2D eigenvalue weighted by molar-refractivity contribution is 5.83. The Bertz CT molecular complexity index is 447. The van der Waals surface area contributed by atoms with Crippen molar-refractivity contribution in [2.75, 3.05) is 13.1 Å². The van der Waals surface area contributed by atoms with Gasteiger partial charge in [0.05, 0.1) is 6.04 Å². The van der Waals surface area contributed by atoms with Gasteiger partial charge in [0.25, 0.3) is 0 Å². The average Bonchev–Trinajstić information content (AvgIpc) is 2.70. The first kappa shape index (κ1) is 11.2. The van der Waals surface area contributed by atoms with Crippen molar-refractivity contribution in [3.8, 4) is 0 Å². The van der Waals surface area contributed by atoms with E-state index in [0.717, 1.165) is 19.5 Å². The van der Waals surface area contributed by atoms with E-state index < -0.39 is 0 Å². The summed E-state index contributed by atoms with van der Waals surface area (Å²) in [6.07, 6.45) is 3.25. The second-order valence-corrected chi connectivity index (χ2v) is 4.42. The third-order valence-electron chi connectivity index (χ3n) is 2.99. The molecule has 0 unspecified atom stereocenters. The van der Waals surface area contributed by atoms with E-state index in [2.05, 4.69) is 53.4 Å². The summed E-state index contributed by atoms with van der Waals surface area (Å²) in [6.45, 7) is 4.39. The second-order valence-electron chi connectivity index (χ2n) is 4.42. The first-order valence-corrected chi connectivity index (χ1v) is 5.99. The van der Waals surface area contributed by atoms with Gasteiger partial charge in [-0.25, -0.2) is 0 Å². The highest BCUT2D eigenvalue weighted by Gasteiger charge is 2.09. The second kappa shape index (κ2) is 5.14. The van der Waals surface area contributed by atoms with Crippen LogP contribution in [-0.4, -0.2) is 24.1 Å². The number of hydrogen-bond acceptors (Lipinski definition) is 0. The van der Waals surface area contributed by atoms with Crippen LogP contribution in [0.5, 0.6) is 0 Å². The number of nitrogens with two attached hydrogens (primary N) is 1. The summed E-state index contributed by atoms with van der Waals surface area (Å²) in [5, 5.41) is 3.73. The molecule has 0 spiro atoms. The zero-order valence-electron chi connectivity index (χ0n) is 9.87. The predicted octanol–water partition coefficient (Wildman–Crippen LogP) is -0.0958. The number of H-pyrrole nitrogens is 1. The van der Waals surface area contributed by atoms with Crippen LogP contribution in [0, 0.1) is 0 Å². The van der Waals surface area contributed by atoms with Crippen LogP contribution in [-0.2, 0) is 6.42 Å². The Labute approximate surface area is 96.0 Å². The molecular weight excluding hydrogens is 198 g/mol. The van der Waals surface area contributed by atoms with E-state index >= 15 is 0 Å². The lowest BCUT2D eigenvalue weighted by molar-refractivity contribution is -0.698. The van der Waals surface area contributed by atoms with Crippen LogP contribution in [0.4, 0.5) is 0 Å². The number of aromatic amines is 1. The lowest BCUT2D eigenvalue weighted by atomic mass is 10.1. The highest BCUT2D eigenvalue weighted by atomic mass is 14.9. The molecule has 0 saturated carbocycles. The van der Waals surface area contributed by atoms with Gasteiger partial charge in [0.2, 0.25) is 0 Å². The van der Waals surface area contributed by atoms with Gasteiger partial charge >= 0.3 is 0 Å². The zero-order valence-corrected chi connectivity index (χ0v) is 9.87. The van der Waals surface area contributed by atoms with E-state index in [0.29, 0.717) is 6.04 Å². The number of quaternary nitrogens is 2. The molecule has 0 aliphatic carbocycles. The molecule has 0 radical (unpaired) electrons. The average molecular weight is 219 g/mol. The fourth-order valence-electron chi connectivity index (χ4n) is 2.13. The van der Waals surface area contributed by atoms with Crippen LogP contribution in [0.25, 0.3) is 10.9 Å². The quantitative estimate of drug-likeness (QED) is 0.629. The first-order valence-electron chi connectivity index (χ1n) is 5.99. The Morgan fingerprint density at radius 3 is 3.00 bits per heavy atom. The molecule has 0 bridgehead atoms. The Morgan fingerprint density at radius 1 is 1.38 bits per heavy atom. The normalized spacial score (nSPS) is 13.1. The number of para-hydroxylation sites is 1. The minimum atomic E-state index is 0.626. The molecule has 2 rings (SSSR count). The smallest absolute Gasteiger partial charge is 0.125 e. The van der Waals surface area contributed by atoms with Gasteiger partial charge in [-0.3, -0.25) is 0 Å². The summed E-state index contributed by atoms with van der Waals surface area (Å²) in [6, 6.07) is 9.12. The molecule has 0 aliphatic heterocycles. The molecule has 3 nitrogen and oxygen atoms in total. The predicted molar refractivity (Wildman–Crippen MR) is 66.0 cm³/mol. The van der Waals surface area contributed by atoms with Gasteiger partial charge in [0.15, 0.2) is 0 Å². The van der Waals surface area contributed by atoms with Crippen molar-refractivity contribution in [1.29, 1.82) is 0 Å². The molecule has 16 heavy (non-hydrogen) atoms.